The second-order valence-electron chi connectivity index (χ2n) is 8.54. The fourth-order valence-electron chi connectivity index (χ4n) is 5.54. The molecule has 2 N–H and O–H groups in total. The highest BCUT2D eigenvalue weighted by Crippen LogP contribution is 2.45. The van der Waals surface area contributed by atoms with Crippen LogP contribution in [0.3, 0.4) is 0 Å². The third-order valence-corrected chi connectivity index (χ3v) is 6.98. The molecule has 1 aliphatic carbocycles. The lowest BCUT2D eigenvalue weighted by molar-refractivity contribution is 0.371. The Bertz CT molecular complexity index is 1230. The summed E-state index contributed by atoms with van der Waals surface area (Å²) >= 11 is 0. The fraction of sp³-hybridized carbons (Fsp3) is 0.417. The van der Waals surface area contributed by atoms with Gasteiger partial charge in [0.25, 0.3) is 5.56 Å². The number of nitrogens with one attached hydrogen (secondary N) is 2. The maximum absolute atomic E-state index is 13.0. The van der Waals surface area contributed by atoms with Gasteiger partial charge in [-0.05, 0) is 67.5 Å². The summed E-state index contributed by atoms with van der Waals surface area (Å²) in [6.07, 6.45) is 2.91. The third-order valence-electron chi connectivity index (χ3n) is 6.98. The number of aromatic nitrogens is 2. The molecule has 30 heavy (non-hydrogen) atoms. The molecule has 0 saturated carbocycles. The third kappa shape index (κ3) is 2.98. The van der Waals surface area contributed by atoms with E-state index in [2.05, 4.69) is 22.4 Å². The SMILES string of the molecule is COc1cccc2c1CCC1CNC(CCn3c(=O)[nH]c4cccc(C)c4c3=O)C21. The Morgan fingerprint density at radius 3 is 2.83 bits per heavy atom. The quantitative estimate of drug-likeness (QED) is 0.700. The number of hydrogen-bond donors (Lipinski definition) is 2. The first-order valence-corrected chi connectivity index (χ1v) is 10.7. The first kappa shape index (κ1) is 19.1. The molecule has 1 aliphatic heterocycles. The number of fused-ring (bicyclic) bond motifs is 4. The smallest absolute Gasteiger partial charge is 0.328 e. The summed E-state index contributed by atoms with van der Waals surface area (Å²) in [7, 11) is 1.73. The van der Waals surface area contributed by atoms with Gasteiger partial charge in [0.2, 0.25) is 0 Å². The van der Waals surface area contributed by atoms with Gasteiger partial charge < -0.3 is 15.0 Å². The predicted molar refractivity (Wildman–Crippen MR) is 118 cm³/mol. The van der Waals surface area contributed by atoms with Crippen LogP contribution < -0.4 is 21.3 Å². The van der Waals surface area contributed by atoms with Gasteiger partial charge in [0.1, 0.15) is 5.75 Å². The standard InChI is InChI=1S/C24H27N3O3/c1-14-5-3-7-19-21(14)23(28)27(24(29)26-19)12-11-18-22-15(13-25-18)9-10-16-17(22)6-4-8-20(16)30-2/h3-8,15,18,22,25H,9-13H2,1-2H3,(H,26,29). The Labute approximate surface area is 174 Å². The summed E-state index contributed by atoms with van der Waals surface area (Å²) in [4.78, 5) is 28.5. The molecule has 5 rings (SSSR count). The molecule has 0 radical (unpaired) electrons. The van der Waals surface area contributed by atoms with Crippen LogP contribution in [0.4, 0.5) is 0 Å². The van der Waals surface area contributed by atoms with Crippen LogP contribution in [0.25, 0.3) is 10.9 Å². The topological polar surface area (TPSA) is 76.1 Å². The van der Waals surface area contributed by atoms with Crippen molar-refractivity contribution in [2.24, 2.45) is 5.92 Å². The molecule has 3 aromatic rings. The summed E-state index contributed by atoms with van der Waals surface area (Å²) in [5.74, 6) is 1.94. The van der Waals surface area contributed by atoms with Crippen LogP contribution in [-0.2, 0) is 13.0 Å². The maximum Gasteiger partial charge on any atom is 0.328 e. The molecule has 1 aromatic heterocycles. The molecule has 1 saturated heterocycles. The van der Waals surface area contributed by atoms with Gasteiger partial charge in [-0.2, -0.15) is 0 Å². The molecule has 2 aromatic carbocycles. The Balaban J connectivity index is 1.46. The molecule has 156 valence electrons. The Kier molecular flexibility index (Phi) is 4.74. The van der Waals surface area contributed by atoms with Crippen LogP contribution in [0.2, 0.25) is 0 Å². The van der Waals surface area contributed by atoms with Gasteiger partial charge in [0.05, 0.1) is 18.0 Å². The first-order valence-electron chi connectivity index (χ1n) is 10.7. The largest absolute Gasteiger partial charge is 0.496 e. The predicted octanol–water partition coefficient (Wildman–Crippen LogP) is 2.71. The molecule has 2 aliphatic rings. The number of H-pyrrole nitrogens is 1. The highest BCUT2D eigenvalue weighted by Gasteiger charge is 2.40. The van der Waals surface area contributed by atoms with Crippen LogP contribution in [0.5, 0.6) is 5.75 Å². The van der Waals surface area contributed by atoms with E-state index in [9.17, 15) is 9.59 Å². The van der Waals surface area contributed by atoms with Crippen molar-refractivity contribution in [3.05, 3.63) is 73.9 Å². The number of hydrogen-bond acceptors (Lipinski definition) is 4. The molecular weight excluding hydrogens is 378 g/mol. The summed E-state index contributed by atoms with van der Waals surface area (Å²) in [5, 5.41) is 4.27. The number of rotatable bonds is 4. The van der Waals surface area contributed by atoms with E-state index >= 15 is 0 Å². The van der Waals surface area contributed by atoms with Crippen molar-refractivity contribution in [3.8, 4) is 5.75 Å². The molecule has 6 heteroatoms. The van der Waals surface area contributed by atoms with Crippen molar-refractivity contribution in [2.45, 2.75) is 44.7 Å². The molecule has 0 bridgehead atoms. The zero-order chi connectivity index (χ0) is 20.8. The summed E-state index contributed by atoms with van der Waals surface area (Å²) in [5.41, 5.74) is 3.62. The maximum atomic E-state index is 13.0. The Hall–Kier alpha value is -2.86. The minimum Gasteiger partial charge on any atom is -0.496 e. The van der Waals surface area contributed by atoms with Crippen molar-refractivity contribution in [3.63, 3.8) is 0 Å². The number of aromatic amines is 1. The van der Waals surface area contributed by atoms with Crippen LogP contribution in [0.1, 0.15) is 35.4 Å². The molecule has 0 amide bonds. The van der Waals surface area contributed by atoms with Crippen molar-refractivity contribution in [1.29, 1.82) is 0 Å². The van der Waals surface area contributed by atoms with Gasteiger partial charge in [0.15, 0.2) is 0 Å². The van der Waals surface area contributed by atoms with Gasteiger partial charge >= 0.3 is 5.69 Å². The van der Waals surface area contributed by atoms with Crippen LogP contribution in [0, 0.1) is 12.8 Å². The van der Waals surface area contributed by atoms with Crippen molar-refractivity contribution >= 4 is 10.9 Å². The lowest BCUT2D eigenvalue weighted by atomic mass is 9.73. The Morgan fingerprint density at radius 2 is 2.00 bits per heavy atom. The van der Waals surface area contributed by atoms with Crippen LogP contribution in [-0.4, -0.2) is 29.2 Å². The Morgan fingerprint density at radius 1 is 1.17 bits per heavy atom. The van der Waals surface area contributed by atoms with Crippen molar-refractivity contribution < 1.29 is 4.74 Å². The van der Waals surface area contributed by atoms with E-state index in [1.54, 1.807) is 13.2 Å². The molecule has 3 unspecified atom stereocenters. The minimum absolute atomic E-state index is 0.202. The van der Waals surface area contributed by atoms with E-state index in [4.69, 9.17) is 4.74 Å². The molecule has 2 heterocycles. The van der Waals surface area contributed by atoms with E-state index in [1.807, 2.05) is 25.1 Å². The minimum atomic E-state index is -0.335. The second-order valence-corrected chi connectivity index (χ2v) is 8.54. The highest BCUT2D eigenvalue weighted by atomic mass is 16.5. The number of benzene rings is 2. The van der Waals surface area contributed by atoms with Gasteiger partial charge in [-0.1, -0.05) is 24.3 Å². The molecule has 6 nitrogen and oxygen atoms in total. The summed E-state index contributed by atoms with van der Waals surface area (Å²) < 4.78 is 6.96. The normalized spacial score (nSPS) is 22.7. The van der Waals surface area contributed by atoms with Crippen LogP contribution in [0.15, 0.2) is 46.0 Å². The molecule has 3 atom stereocenters. The van der Waals surface area contributed by atoms with E-state index in [0.717, 1.165) is 37.1 Å². The number of ether oxygens (including phenoxy) is 1. The zero-order valence-electron chi connectivity index (χ0n) is 17.4. The van der Waals surface area contributed by atoms with E-state index in [-0.39, 0.29) is 17.3 Å². The average molecular weight is 405 g/mol. The lowest BCUT2D eigenvalue weighted by Crippen LogP contribution is -2.38. The summed E-state index contributed by atoms with van der Waals surface area (Å²) in [6.45, 7) is 3.29. The number of nitrogens with zero attached hydrogens (tertiary/aromatic N) is 1. The molecule has 0 spiro atoms. The monoisotopic (exact) mass is 405 g/mol. The lowest BCUT2D eigenvalue weighted by Gasteiger charge is -2.32. The van der Waals surface area contributed by atoms with Gasteiger partial charge in [0, 0.05) is 18.5 Å². The van der Waals surface area contributed by atoms with E-state index < -0.39 is 0 Å². The first-order chi connectivity index (χ1) is 14.6. The summed E-state index contributed by atoms with van der Waals surface area (Å²) in [6, 6.07) is 12.1. The molecular formula is C24H27N3O3. The second kappa shape index (κ2) is 7.43. The number of methoxy groups -OCH3 is 1. The zero-order valence-corrected chi connectivity index (χ0v) is 17.4. The van der Waals surface area contributed by atoms with Crippen molar-refractivity contribution in [1.82, 2.24) is 14.9 Å². The fourth-order valence-corrected chi connectivity index (χ4v) is 5.54. The van der Waals surface area contributed by atoms with Crippen LogP contribution >= 0.6 is 0 Å². The number of aryl methyl sites for hydroxylation is 1. The van der Waals surface area contributed by atoms with Gasteiger partial charge in [-0.15, -0.1) is 0 Å². The van der Waals surface area contributed by atoms with E-state index in [1.165, 1.54) is 15.7 Å². The van der Waals surface area contributed by atoms with Gasteiger partial charge in [-0.25, -0.2) is 4.79 Å². The molecule has 1 fully saturated rings. The van der Waals surface area contributed by atoms with Crippen molar-refractivity contribution in [2.75, 3.05) is 13.7 Å². The highest BCUT2D eigenvalue weighted by molar-refractivity contribution is 5.80. The van der Waals surface area contributed by atoms with E-state index in [0.29, 0.717) is 29.3 Å². The van der Waals surface area contributed by atoms with Gasteiger partial charge in [-0.3, -0.25) is 9.36 Å². The average Bonchev–Trinajstić information content (AvgIpc) is 3.16.